The summed E-state index contributed by atoms with van der Waals surface area (Å²) in [7, 11) is 1.52. The van der Waals surface area contributed by atoms with E-state index in [1.807, 2.05) is 16.2 Å². The number of amides is 1. The van der Waals surface area contributed by atoms with Crippen LogP contribution in [0.1, 0.15) is 0 Å². The molecule has 0 bridgehead atoms. The second-order valence-corrected chi connectivity index (χ2v) is 4.15. The molecule has 0 atom stereocenters. The second kappa shape index (κ2) is 4.13. The summed E-state index contributed by atoms with van der Waals surface area (Å²) in [5.41, 5.74) is 1.56. The third-order valence-corrected chi connectivity index (χ3v) is 3.35. The highest BCUT2D eigenvalue weighted by atomic mass is 127. The van der Waals surface area contributed by atoms with Gasteiger partial charge in [-0.25, -0.2) is 9.97 Å². The lowest BCUT2D eigenvalue weighted by molar-refractivity contribution is -0.105. The van der Waals surface area contributed by atoms with E-state index in [9.17, 15) is 4.79 Å². The molecule has 2 heterocycles. The van der Waals surface area contributed by atoms with Crippen molar-refractivity contribution in [1.29, 1.82) is 0 Å². The largest absolute Gasteiger partial charge is 0.312 e. The van der Waals surface area contributed by atoms with Gasteiger partial charge in [-0.2, -0.15) is 0 Å². The van der Waals surface area contributed by atoms with Crippen molar-refractivity contribution in [2.24, 2.45) is 0 Å². The van der Waals surface area contributed by atoms with Crippen LogP contribution in [0.25, 0.3) is 11.2 Å². The normalized spacial score (nSPS) is 10.4. The van der Waals surface area contributed by atoms with Gasteiger partial charge in [-0.1, -0.05) is 0 Å². The molecule has 0 aliphatic carbocycles. The van der Waals surface area contributed by atoms with E-state index in [0.717, 1.165) is 11.2 Å². The molecule has 72 valence electrons. The standard InChI is InChI=1S/C7H5IN4OS/c8-14-12-2-1-5-7(12)9-3-6(11-5)10-4-13/h1-4H,(H,10,11,13). The minimum absolute atomic E-state index is 0.462. The molecule has 2 aromatic heterocycles. The van der Waals surface area contributed by atoms with Crippen LogP contribution >= 0.6 is 30.3 Å². The van der Waals surface area contributed by atoms with Gasteiger partial charge < -0.3 is 5.32 Å². The van der Waals surface area contributed by atoms with Gasteiger partial charge in [-0.15, -0.1) is 0 Å². The fourth-order valence-electron chi connectivity index (χ4n) is 1.07. The lowest BCUT2D eigenvalue weighted by atomic mass is 10.5. The number of carbonyl (C=O) groups excluding carboxylic acids is 1. The van der Waals surface area contributed by atoms with Gasteiger partial charge in [-0.3, -0.25) is 8.77 Å². The Morgan fingerprint density at radius 1 is 1.64 bits per heavy atom. The smallest absolute Gasteiger partial charge is 0.212 e. The summed E-state index contributed by atoms with van der Waals surface area (Å²) in [5.74, 6) is 0.462. The van der Waals surface area contributed by atoms with Gasteiger partial charge in [0.1, 0.15) is 5.52 Å². The number of hydrogen-bond donors (Lipinski definition) is 1. The molecule has 14 heavy (non-hydrogen) atoms. The van der Waals surface area contributed by atoms with Crippen molar-refractivity contribution in [2.45, 2.75) is 0 Å². The topological polar surface area (TPSA) is 59.8 Å². The van der Waals surface area contributed by atoms with Crippen molar-refractivity contribution in [2.75, 3.05) is 5.32 Å². The van der Waals surface area contributed by atoms with E-state index in [1.165, 1.54) is 15.3 Å². The number of carbonyl (C=O) groups is 1. The average molecular weight is 320 g/mol. The molecule has 7 heteroatoms. The molecule has 0 aliphatic heterocycles. The summed E-state index contributed by atoms with van der Waals surface area (Å²) >= 11 is 2.16. The van der Waals surface area contributed by atoms with E-state index in [4.69, 9.17) is 0 Å². The Bertz CT molecular complexity index is 472. The first kappa shape index (κ1) is 9.71. The summed E-state index contributed by atoms with van der Waals surface area (Å²) in [6, 6.07) is 1.85. The molecule has 2 rings (SSSR count). The number of hydrogen-bond acceptors (Lipinski definition) is 4. The molecule has 5 nitrogen and oxygen atoms in total. The molecule has 0 aromatic carbocycles. The fraction of sp³-hybridized carbons (Fsp3) is 0. The molecule has 0 saturated carbocycles. The third kappa shape index (κ3) is 1.69. The van der Waals surface area contributed by atoms with E-state index >= 15 is 0 Å². The molecule has 0 spiro atoms. The predicted octanol–water partition coefficient (Wildman–Crippen LogP) is 1.85. The predicted molar refractivity (Wildman–Crippen MR) is 64.2 cm³/mol. The van der Waals surface area contributed by atoms with E-state index in [2.05, 4.69) is 36.5 Å². The molecule has 0 saturated heterocycles. The first-order chi connectivity index (χ1) is 6.85. The van der Waals surface area contributed by atoms with E-state index in [0.29, 0.717) is 12.2 Å². The summed E-state index contributed by atoms with van der Waals surface area (Å²) in [6.07, 6.45) is 3.99. The number of halogens is 1. The van der Waals surface area contributed by atoms with Crippen LogP contribution in [0.5, 0.6) is 0 Å². The minimum Gasteiger partial charge on any atom is -0.312 e. The fourth-order valence-corrected chi connectivity index (χ4v) is 2.34. The highest BCUT2D eigenvalue weighted by Gasteiger charge is 2.04. The molecule has 0 unspecified atom stereocenters. The van der Waals surface area contributed by atoms with Crippen molar-refractivity contribution < 1.29 is 4.79 Å². The quantitative estimate of drug-likeness (QED) is 0.693. The maximum atomic E-state index is 10.2. The van der Waals surface area contributed by atoms with Crippen LogP contribution in [0.2, 0.25) is 0 Å². The van der Waals surface area contributed by atoms with Gasteiger partial charge >= 0.3 is 0 Å². The van der Waals surface area contributed by atoms with Crippen LogP contribution < -0.4 is 5.32 Å². The van der Waals surface area contributed by atoms with Crippen molar-refractivity contribution >= 4 is 53.7 Å². The van der Waals surface area contributed by atoms with Crippen molar-refractivity contribution in [3.63, 3.8) is 0 Å². The Kier molecular flexibility index (Phi) is 2.87. The van der Waals surface area contributed by atoms with Crippen LogP contribution in [-0.4, -0.2) is 20.4 Å². The number of rotatable bonds is 3. The third-order valence-electron chi connectivity index (χ3n) is 1.64. The van der Waals surface area contributed by atoms with E-state index in [-0.39, 0.29) is 0 Å². The monoisotopic (exact) mass is 320 g/mol. The van der Waals surface area contributed by atoms with Crippen LogP contribution in [0, 0.1) is 0 Å². The molecular weight excluding hydrogens is 315 g/mol. The number of aromatic nitrogens is 3. The molecule has 1 N–H and O–H groups in total. The summed E-state index contributed by atoms with van der Waals surface area (Å²) in [5, 5.41) is 2.45. The number of nitrogens with zero attached hydrogens (tertiary/aromatic N) is 3. The molecule has 0 radical (unpaired) electrons. The van der Waals surface area contributed by atoms with Gasteiger partial charge in [-0.05, 0) is 6.07 Å². The molecular formula is C7H5IN4OS. The zero-order valence-electron chi connectivity index (χ0n) is 6.85. The number of anilines is 1. The molecule has 1 amide bonds. The SMILES string of the molecule is O=CNc1cnc2c(ccn2SI)n1. The summed E-state index contributed by atoms with van der Waals surface area (Å²) in [4.78, 5) is 18.6. The van der Waals surface area contributed by atoms with Crippen molar-refractivity contribution in [3.8, 4) is 0 Å². The lowest BCUT2D eigenvalue weighted by Crippen LogP contribution is -1.97. The van der Waals surface area contributed by atoms with Gasteiger partial charge in [0, 0.05) is 36.5 Å². The molecule has 0 fully saturated rings. The van der Waals surface area contributed by atoms with Gasteiger partial charge in [0.05, 0.1) is 6.20 Å². The first-order valence-corrected chi connectivity index (χ1v) is 7.00. The second-order valence-electron chi connectivity index (χ2n) is 2.44. The molecule has 0 aliphatic rings. The Morgan fingerprint density at radius 2 is 2.50 bits per heavy atom. The highest BCUT2D eigenvalue weighted by Crippen LogP contribution is 2.22. The first-order valence-electron chi connectivity index (χ1n) is 3.68. The Hall–Kier alpha value is -0.830. The average Bonchev–Trinajstić information content (AvgIpc) is 2.60. The van der Waals surface area contributed by atoms with Crippen LogP contribution in [-0.2, 0) is 4.79 Å². The highest BCUT2D eigenvalue weighted by molar-refractivity contribution is 14.2. The van der Waals surface area contributed by atoms with Gasteiger partial charge in [0.2, 0.25) is 6.41 Å². The zero-order valence-corrected chi connectivity index (χ0v) is 9.82. The summed E-state index contributed by atoms with van der Waals surface area (Å²) in [6.45, 7) is 0. The van der Waals surface area contributed by atoms with Gasteiger partial charge in [0.25, 0.3) is 0 Å². The van der Waals surface area contributed by atoms with Crippen LogP contribution in [0.4, 0.5) is 5.82 Å². The number of nitrogens with one attached hydrogen (secondary N) is 1. The number of fused-ring (bicyclic) bond motifs is 1. The zero-order chi connectivity index (χ0) is 9.97. The minimum atomic E-state index is 0.462. The maximum Gasteiger partial charge on any atom is 0.212 e. The van der Waals surface area contributed by atoms with Gasteiger partial charge in [0.15, 0.2) is 11.5 Å². The Labute approximate surface area is 96.0 Å². The Balaban J connectivity index is 2.51. The van der Waals surface area contributed by atoms with Crippen molar-refractivity contribution in [3.05, 3.63) is 18.5 Å². The van der Waals surface area contributed by atoms with Crippen molar-refractivity contribution in [1.82, 2.24) is 13.9 Å². The van der Waals surface area contributed by atoms with E-state index < -0.39 is 0 Å². The van der Waals surface area contributed by atoms with Crippen LogP contribution in [0.3, 0.4) is 0 Å². The summed E-state index contributed by atoms with van der Waals surface area (Å²) < 4.78 is 1.90. The Morgan fingerprint density at radius 3 is 3.21 bits per heavy atom. The van der Waals surface area contributed by atoms with Crippen LogP contribution in [0.15, 0.2) is 18.5 Å². The lowest BCUT2D eigenvalue weighted by Gasteiger charge is -1.98. The molecule has 2 aromatic rings. The van der Waals surface area contributed by atoms with E-state index in [1.54, 1.807) is 0 Å². The maximum absolute atomic E-state index is 10.2.